The Morgan fingerprint density at radius 3 is 2.89 bits per heavy atom. The van der Waals surface area contributed by atoms with Gasteiger partial charge >= 0.3 is 0 Å². The molecule has 1 aromatic rings. The molecule has 1 saturated heterocycles. The molecule has 0 spiro atoms. The summed E-state index contributed by atoms with van der Waals surface area (Å²) in [6.45, 7) is 5.56. The van der Waals surface area contributed by atoms with Gasteiger partial charge in [-0.2, -0.15) is 4.31 Å². The lowest BCUT2D eigenvalue weighted by atomic mass is 10.3. The minimum Gasteiger partial charge on any atom is -0.314 e. The molecule has 0 aromatic carbocycles. The maximum absolute atomic E-state index is 12.6. The van der Waals surface area contributed by atoms with Crippen LogP contribution in [0.25, 0.3) is 0 Å². The number of nitrogens with zero attached hydrogens (tertiary/aromatic N) is 2. The summed E-state index contributed by atoms with van der Waals surface area (Å²) in [7, 11) is -3.33. The smallest absolute Gasteiger partial charge is 0.222 e. The lowest BCUT2D eigenvalue weighted by molar-refractivity contribution is 0.281. The highest BCUT2D eigenvalue weighted by molar-refractivity contribution is 7.89. The van der Waals surface area contributed by atoms with Crippen LogP contribution in [0.15, 0.2) is 24.4 Å². The second kappa shape index (κ2) is 5.34. The van der Waals surface area contributed by atoms with E-state index in [0.29, 0.717) is 25.3 Å². The third-order valence-electron chi connectivity index (χ3n) is 3.32. The van der Waals surface area contributed by atoms with Gasteiger partial charge in [0.15, 0.2) is 0 Å². The van der Waals surface area contributed by atoms with E-state index in [0.717, 1.165) is 0 Å². The second-order valence-electron chi connectivity index (χ2n) is 4.61. The summed E-state index contributed by atoms with van der Waals surface area (Å²) in [5.41, 5.74) is 0.600. The molecule has 1 aliphatic heterocycles. The van der Waals surface area contributed by atoms with Crippen molar-refractivity contribution in [1.29, 1.82) is 0 Å². The van der Waals surface area contributed by atoms with E-state index >= 15 is 0 Å². The number of hydrogen-bond donors (Lipinski definition) is 1. The molecule has 2 rings (SSSR count). The van der Waals surface area contributed by atoms with Gasteiger partial charge in [0.05, 0.1) is 5.69 Å². The van der Waals surface area contributed by atoms with Gasteiger partial charge in [0.1, 0.15) is 5.25 Å². The summed E-state index contributed by atoms with van der Waals surface area (Å²) in [6.07, 6.45) is 1.63. The molecule has 0 amide bonds. The third kappa shape index (κ3) is 2.55. The van der Waals surface area contributed by atoms with E-state index < -0.39 is 15.3 Å². The fraction of sp³-hybridized carbons (Fsp3) is 0.583. The molecule has 0 saturated carbocycles. The Morgan fingerprint density at radius 1 is 1.50 bits per heavy atom. The maximum Gasteiger partial charge on any atom is 0.222 e. The predicted octanol–water partition coefficient (Wildman–Crippen LogP) is 0.766. The van der Waals surface area contributed by atoms with Gasteiger partial charge in [0.25, 0.3) is 0 Å². The summed E-state index contributed by atoms with van der Waals surface area (Å²) in [6, 6.07) is 5.36. The molecule has 2 atom stereocenters. The van der Waals surface area contributed by atoms with E-state index in [4.69, 9.17) is 0 Å². The van der Waals surface area contributed by atoms with E-state index in [1.165, 1.54) is 0 Å². The first-order valence-electron chi connectivity index (χ1n) is 6.16. The van der Waals surface area contributed by atoms with Crippen molar-refractivity contribution in [3.05, 3.63) is 30.1 Å². The molecule has 0 aliphatic carbocycles. The van der Waals surface area contributed by atoms with Crippen molar-refractivity contribution in [3.63, 3.8) is 0 Å². The van der Waals surface area contributed by atoms with Crippen molar-refractivity contribution < 1.29 is 8.42 Å². The first-order valence-corrected chi connectivity index (χ1v) is 7.66. The molecule has 6 heteroatoms. The van der Waals surface area contributed by atoms with Crippen molar-refractivity contribution in [1.82, 2.24) is 14.6 Å². The van der Waals surface area contributed by atoms with Crippen molar-refractivity contribution in [2.24, 2.45) is 0 Å². The summed E-state index contributed by atoms with van der Waals surface area (Å²) in [5, 5.41) is 2.60. The minimum absolute atomic E-state index is 0.00471. The van der Waals surface area contributed by atoms with E-state index in [1.807, 2.05) is 13.0 Å². The van der Waals surface area contributed by atoms with E-state index in [2.05, 4.69) is 10.3 Å². The van der Waals surface area contributed by atoms with Crippen LogP contribution in [0.2, 0.25) is 0 Å². The SMILES string of the molecule is C[C@@H]1CNCCN1S(=O)(=O)[C@H](C)c1ccccn1. The van der Waals surface area contributed by atoms with Crippen LogP contribution in [-0.2, 0) is 10.0 Å². The zero-order valence-electron chi connectivity index (χ0n) is 10.7. The van der Waals surface area contributed by atoms with E-state index in [9.17, 15) is 8.42 Å². The molecule has 1 N–H and O–H groups in total. The topological polar surface area (TPSA) is 62.3 Å². The Kier molecular flexibility index (Phi) is 3.99. The molecule has 1 fully saturated rings. The van der Waals surface area contributed by atoms with Crippen LogP contribution in [-0.4, -0.2) is 43.4 Å². The number of hydrogen-bond acceptors (Lipinski definition) is 4. The Bertz CT molecular complexity index is 489. The number of nitrogens with one attached hydrogen (secondary N) is 1. The number of rotatable bonds is 3. The average molecular weight is 269 g/mol. The minimum atomic E-state index is -3.33. The van der Waals surface area contributed by atoms with Gasteiger partial charge in [-0.25, -0.2) is 8.42 Å². The van der Waals surface area contributed by atoms with Crippen LogP contribution in [0.5, 0.6) is 0 Å². The zero-order chi connectivity index (χ0) is 13.2. The summed E-state index contributed by atoms with van der Waals surface area (Å²) >= 11 is 0. The standard InChI is InChI=1S/C12H19N3O2S/c1-10-9-13-7-8-15(10)18(16,17)11(2)12-5-3-4-6-14-12/h3-6,10-11,13H,7-9H2,1-2H3/t10-,11-/m1/s1. The number of pyridine rings is 1. The highest BCUT2D eigenvalue weighted by Gasteiger charge is 2.34. The molecule has 0 bridgehead atoms. The molecule has 18 heavy (non-hydrogen) atoms. The fourth-order valence-corrected chi connectivity index (χ4v) is 3.95. The van der Waals surface area contributed by atoms with E-state index in [-0.39, 0.29) is 6.04 Å². The largest absolute Gasteiger partial charge is 0.314 e. The van der Waals surface area contributed by atoms with Crippen LogP contribution < -0.4 is 5.32 Å². The second-order valence-corrected chi connectivity index (χ2v) is 6.81. The third-order valence-corrected chi connectivity index (χ3v) is 5.65. The highest BCUT2D eigenvalue weighted by Crippen LogP contribution is 2.25. The molecular weight excluding hydrogens is 250 g/mol. The first-order chi connectivity index (χ1) is 8.53. The summed E-state index contributed by atoms with van der Waals surface area (Å²) < 4.78 is 26.7. The Labute approximate surface area is 108 Å². The van der Waals surface area contributed by atoms with Crippen molar-refractivity contribution in [2.45, 2.75) is 25.1 Å². The molecule has 0 unspecified atom stereocenters. The predicted molar refractivity (Wildman–Crippen MR) is 70.6 cm³/mol. The van der Waals surface area contributed by atoms with Gasteiger partial charge in [0.2, 0.25) is 10.0 Å². The number of sulfonamides is 1. The lowest BCUT2D eigenvalue weighted by Crippen LogP contribution is -2.53. The molecular formula is C12H19N3O2S. The highest BCUT2D eigenvalue weighted by atomic mass is 32.2. The molecule has 100 valence electrons. The summed E-state index contributed by atoms with van der Waals surface area (Å²) in [5.74, 6) is 0. The average Bonchev–Trinajstić information content (AvgIpc) is 2.39. The monoisotopic (exact) mass is 269 g/mol. The van der Waals surface area contributed by atoms with Gasteiger partial charge in [-0.3, -0.25) is 4.98 Å². The van der Waals surface area contributed by atoms with Crippen molar-refractivity contribution in [2.75, 3.05) is 19.6 Å². The number of piperazine rings is 1. The Balaban J connectivity index is 2.25. The molecule has 1 aliphatic rings. The van der Waals surface area contributed by atoms with Crippen molar-refractivity contribution >= 4 is 10.0 Å². The fourth-order valence-electron chi connectivity index (χ4n) is 2.17. The zero-order valence-corrected chi connectivity index (χ0v) is 11.5. The molecule has 0 radical (unpaired) electrons. The van der Waals surface area contributed by atoms with E-state index in [1.54, 1.807) is 29.6 Å². The van der Waals surface area contributed by atoms with Crippen LogP contribution in [0.1, 0.15) is 24.8 Å². The van der Waals surface area contributed by atoms with Crippen LogP contribution in [0.3, 0.4) is 0 Å². The number of aromatic nitrogens is 1. The normalized spacial score (nSPS) is 23.8. The van der Waals surface area contributed by atoms with Crippen LogP contribution >= 0.6 is 0 Å². The van der Waals surface area contributed by atoms with Crippen LogP contribution in [0, 0.1) is 0 Å². The Morgan fingerprint density at radius 2 is 2.28 bits per heavy atom. The van der Waals surface area contributed by atoms with Gasteiger partial charge < -0.3 is 5.32 Å². The quantitative estimate of drug-likeness (QED) is 0.880. The van der Waals surface area contributed by atoms with Gasteiger partial charge in [-0.05, 0) is 26.0 Å². The van der Waals surface area contributed by atoms with Crippen molar-refractivity contribution in [3.8, 4) is 0 Å². The van der Waals surface area contributed by atoms with Gasteiger partial charge in [-0.15, -0.1) is 0 Å². The lowest BCUT2D eigenvalue weighted by Gasteiger charge is -2.34. The molecule has 2 heterocycles. The first kappa shape index (κ1) is 13.5. The Hall–Kier alpha value is -0.980. The molecule has 5 nitrogen and oxygen atoms in total. The summed E-state index contributed by atoms with van der Waals surface area (Å²) in [4.78, 5) is 4.14. The van der Waals surface area contributed by atoms with Gasteiger partial charge in [0, 0.05) is 31.9 Å². The maximum atomic E-state index is 12.6. The van der Waals surface area contributed by atoms with Crippen LogP contribution in [0.4, 0.5) is 0 Å². The van der Waals surface area contributed by atoms with Gasteiger partial charge in [-0.1, -0.05) is 6.07 Å². The molecule has 1 aromatic heterocycles.